The van der Waals surface area contributed by atoms with Gasteiger partial charge in [0.1, 0.15) is 5.82 Å². The summed E-state index contributed by atoms with van der Waals surface area (Å²) in [6, 6.07) is 5.79. The topological polar surface area (TPSA) is 34.1 Å². The van der Waals surface area contributed by atoms with Crippen LogP contribution in [0.3, 0.4) is 0 Å². The second-order valence-electron chi connectivity index (χ2n) is 4.69. The van der Waals surface area contributed by atoms with Crippen LogP contribution in [0.25, 0.3) is 0 Å². The molecule has 1 N–H and O–H groups in total. The SMILES string of the molecule is COc1cccc(NC(C)(C)C2CC2)n1. The summed E-state index contributed by atoms with van der Waals surface area (Å²) in [5, 5.41) is 3.46. The monoisotopic (exact) mass is 206 g/mol. The van der Waals surface area contributed by atoms with Crippen LogP contribution in [-0.2, 0) is 0 Å². The fourth-order valence-electron chi connectivity index (χ4n) is 1.84. The van der Waals surface area contributed by atoms with Gasteiger partial charge in [0.15, 0.2) is 0 Å². The van der Waals surface area contributed by atoms with E-state index in [2.05, 4.69) is 24.1 Å². The van der Waals surface area contributed by atoms with Crippen molar-refractivity contribution in [2.24, 2.45) is 5.92 Å². The van der Waals surface area contributed by atoms with E-state index in [0.717, 1.165) is 11.7 Å². The summed E-state index contributed by atoms with van der Waals surface area (Å²) in [5.41, 5.74) is 0.138. The zero-order valence-corrected chi connectivity index (χ0v) is 9.58. The minimum Gasteiger partial charge on any atom is -0.481 e. The summed E-state index contributed by atoms with van der Waals surface area (Å²) in [7, 11) is 1.64. The van der Waals surface area contributed by atoms with Gasteiger partial charge < -0.3 is 10.1 Å². The molecular weight excluding hydrogens is 188 g/mol. The Labute approximate surface area is 90.9 Å². The molecule has 1 aromatic rings. The van der Waals surface area contributed by atoms with Gasteiger partial charge in [0.2, 0.25) is 5.88 Å². The van der Waals surface area contributed by atoms with Gasteiger partial charge in [0, 0.05) is 11.6 Å². The van der Waals surface area contributed by atoms with Crippen molar-refractivity contribution in [3.8, 4) is 5.88 Å². The smallest absolute Gasteiger partial charge is 0.214 e. The maximum Gasteiger partial charge on any atom is 0.214 e. The maximum atomic E-state index is 5.09. The third kappa shape index (κ3) is 2.41. The number of pyridine rings is 1. The lowest BCUT2D eigenvalue weighted by atomic mass is 9.99. The molecule has 1 aliphatic rings. The first-order valence-electron chi connectivity index (χ1n) is 5.41. The highest BCUT2D eigenvalue weighted by molar-refractivity contribution is 5.40. The van der Waals surface area contributed by atoms with E-state index in [-0.39, 0.29) is 5.54 Å². The average molecular weight is 206 g/mol. The Bertz CT molecular complexity index is 345. The molecule has 2 rings (SSSR count). The minimum atomic E-state index is 0.138. The van der Waals surface area contributed by atoms with Crippen molar-refractivity contribution < 1.29 is 4.74 Å². The third-order valence-corrected chi connectivity index (χ3v) is 2.98. The van der Waals surface area contributed by atoms with Crippen LogP contribution in [-0.4, -0.2) is 17.6 Å². The molecule has 0 spiro atoms. The molecule has 1 saturated carbocycles. The molecule has 0 atom stereocenters. The van der Waals surface area contributed by atoms with Crippen LogP contribution in [0.5, 0.6) is 5.88 Å². The third-order valence-electron chi connectivity index (χ3n) is 2.98. The van der Waals surface area contributed by atoms with Gasteiger partial charge in [0.25, 0.3) is 0 Å². The maximum absolute atomic E-state index is 5.09. The number of anilines is 1. The van der Waals surface area contributed by atoms with Crippen molar-refractivity contribution in [1.29, 1.82) is 0 Å². The first-order chi connectivity index (χ1) is 7.12. The Hall–Kier alpha value is -1.25. The molecule has 0 amide bonds. The van der Waals surface area contributed by atoms with E-state index in [9.17, 15) is 0 Å². The van der Waals surface area contributed by atoms with E-state index in [1.54, 1.807) is 7.11 Å². The number of methoxy groups -OCH3 is 1. The van der Waals surface area contributed by atoms with Crippen LogP contribution in [0.4, 0.5) is 5.82 Å². The van der Waals surface area contributed by atoms with Crippen LogP contribution in [0, 0.1) is 5.92 Å². The lowest BCUT2D eigenvalue weighted by molar-refractivity contribution is 0.397. The Kier molecular flexibility index (Phi) is 2.55. The predicted octanol–water partition coefficient (Wildman–Crippen LogP) is 2.69. The highest BCUT2D eigenvalue weighted by Crippen LogP contribution is 2.40. The average Bonchev–Trinajstić information content (AvgIpc) is 3.00. The number of hydrogen-bond donors (Lipinski definition) is 1. The van der Waals surface area contributed by atoms with Gasteiger partial charge in [0.05, 0.1) is 7.11 Å². The number of ether oxygens (including phenoxy) is 1. The molecule has 0 aliphatic heterocycles. The molecule has 1 aromatic heterocycles. The molecule has 0 bridgehead atoms. The van der Waals surface area contributed by atoms with Crippen LogP contribution in [0.1, 0.15) is 26.7 Å². The largest absolute Gasteiger partial charge is 0.481 e. The molecule has 0 unspecified atom stereocenters. The second-order valence-corrected chi connectivity index (χ2v) is 4.69. The van der Waals surface area contributed by atoms with Gasteiger partial charge in [-0.2, -0.15) is 4.98 Å². The van der Waals surface area contributed by atoms with Crippen molar-refractivity contribution in [2.75, 3.05) is 12.4 Å². The van der Waals surface area contributed by atoms with Crippen LogP contribution >= 0.6 is 0 Å². The Morgan fingerprint density at radius 1 is 1.40 bits per heavy atom. The Morgan fingerprint density at radius 2 is 2.13 bits per heavy atom. The molecular formula is C12H18N2O. The molecule has 15 heavy (non-hydrogen) atoms. The molecule has 1 heterocycles. The van der Waals surface area contributed by atoms with Crippen molar-refractivity contribution in [3.63, 3.8) is 0 Å². The van der Waals surface area contributed by atoms with Gasteiger partial charge in [-0.15, -0.1) is 0 Å². The Balaban J connectivity index is 2.09. The molecule has 1 aliphatic carbocycles. The zero-order chi connectivity index (χ0) is 10.9. The van der Waals surface area contributed by atoms with Gasteiger partial charge in [-0.3, -0.25) is 0 Å². The normalized spacial score (nSPS) is 16.2. The van der Waals surface area contributed by atoms with Gasteiger partial charge in [-0.05, 0) is 38.7 Å². The molecule has 0 saturated heterocycles. The highest BCUT2D eigenvalue weighted by Gasteiger charge is 2.37. The van der Waals surface area contributed by atoms with E-state index >= 15 is 0 Å². The number of aromatic nitrogens is 1. The van der Waals surface area contributed by atoms with Gasteiger partial charge in [-0.1, -0.05) is 6.07 Å². The van der Waals surface area contributed by atoms with Crippen molar-refractivity contribution in [2.45, 2.75) is 32.2 Å². The summed E-state index contributed by atoms with van der Waals surface area (Å²) in [4.78, 5) is 4.35. The fraction of sp³-hybridized carbons (Fsp3) is 0.583. The van der Waals surface area contributed by atoms with E-state index in [1.165, 1.54) is 12.8 Å². The zero-order valence-electron chi connectivity index (χ0n) is 9.58. The minimum absolute atomic E-state index is 0.138. The summed E-state index contributed by atoms with van der Waals surface area (Å²) in [6.07, 6.45) is 2.65. The second kappa shape index (κ2) is 3.72. The number of nitrogens with zero attached hydrogens (tertiary/aromatic N) is 1. The van der Waals surface area contributed by atoms with Crippen LogP contribution in [0.2, 0.25) is 0 Å². The van der Waals surface area contributed by atoms with E-state index in [0.29, 0.717) is 5.88 Å². The molecule has 0 aromatic carbocycles. The summed E-state index contributed by atoms with van der Waals surface area (Å²) in [6.45, 7) is 4.46. The van der Waals surface area contributed by atoms with E-state index in [1.807, 2.05) is 18.2 Å². The van der Waals surface area contributed by atoms with Crippen molar-refractivity contribution in [1.82, 2.24) is 4.98 Å². The van der Waals surface area contributed by atoms with Crippen molar-refractivity contribution in [3.05, 3.63) is 18.2 Å². The number of rotatable bonds is 4. The summed E-state index contributed by atoms with van der Waals surface area (Å²) >= 11 is 0. The van der Waals surface area contributed by atoms with Crippen molar-refractivity contribution >= 4 is 5.82 Å². The standard InChI is InChI=1S/C12H18N2O/c1-12(2,9-7-8-9)14-10-5-4-6-11(13-10)15-3/h4-6,9H,7-8H2,1-3H3,(H,13,14). The number of nitrogens with one attached hydrogen (secondary N) is 1. The molecule has 0 radical (unpaired) electrons. The molecule has 3 heteroatoms. The van der Waals surface area contributed by atoms with Gasteiger partial charge in [-0.25, -0.2) is 0 Å². The van der Waals surface area contributed by atoms with E-state index < -0.39 is 0 Å². The number of hydrogen-bond acceptors (Lipinski definition) is 3. The highest BCUT2D eigenvalue weighted by atomic mass is 16.5. The Morgan fingerprint density at radius 3 is 2.73 bits per heavy atom. The first kappa shape index (κ1) is 10.3. The first-order valence-corrected chi connectivity index (χ1v) is 5.41. The van der Waals surface area contributed by atoms with Crippen LogP contribution < -0.4 is 10.1 Å². The lowest BCUT2D eigenvalue weighted by Gasteiger charge is -2.26. The summed E-state index contributed by atoms with van der Waals surface area (Å²) in [5.74, 6) is 2.34. The fourth-order valence-corrected chi connectivity index (χ4v) is 1.84. The molecule has 3 nitrogen and oxygen atoms in total. The van der Waals surface area contributed by atoms with Crippen LogP contribution in [0.15, 0.2) is 18.2 Å². The van der Waals surface area contributed by atoms with Gasteiger partial charge >= 0.3 is 0 Å². The molecule has 82 valence electrons. The quantitative estimate of drug-likeness (QED) is 0.822. The summed E-state index contributed by atoms with van der Waals surface area (Å²) < 4.78 is 5.09. The van der Waals surface area contributed by atoms with E-state index in [4.69, 9.17) is 4.74 Å². The predicted molar refractivity (Wildman–Crippen MR) is 61.2 cm³/mol. The molecule has 1 fully saturated rings. The lowest BCUT2D eigenvalue weighted by Crippen LogP contribution is -2.33.